The van der Waals surface area contributed by atoms with Crippen molar-refractivity contribution in [2.45, 2.75) is 25.7 Å². The Bertz CT molecular complexity index is 417. The Balaban J connectivity index is 2.09. The highest BCUT2D eigenvalue weighted by molar-refractivity contribution is 5.67. The molecule has 0 aromatic carbocycles. The van der Waals surface area contributed by atoms with Gasteiger partial charge in [0.05, 0.1) is 4.92 Å². The van der Waals surface area contributed by atoms with Gasteiger partial charge >= 0.3 is 5.69 Å². The lowest BCUT2D eigenvalue weighted by atomic mass is 10.1. The van der Waals surface area contributed by atoms with Gasteiger partial charge in [-0.3, -0.25) is 10.1 Å². The minimum absolute atomic E-state index is 0.0982. The first-order valence-corrected chi connectivity index (χ1v) is 5.67. The van der Waals surface area contributed by atoms with Crippen molar-refractivity contribution in [3.63, 3.8) is 0 Å². The van der Waals surface area contributed by atoms with Gasteiger partial charge in [0.1, 0.15) is 6.33 Å². The predicted octanol–water partition coefficient (Wildman–Crippen LogP) is 1.57. The van der Waals surface area contributed by atoms with E-state index in [-0.39, 0.29) is 17.3 Å². The molecule has 0 saturated heterocycles. The summed E-state index contributed by atoms with van der Waals surface area (Å²) < 4.78 is 0. The molecule has 7 heteroatoms. The molecule has 0 aliphatic heterocycles. The Morgan fingerprint density at radius 3 is 2.82 bits per heavy atom. The lowest BCUT2D eigenvalue weighted by molar-refractivity contribution is -0.383. The van der Waals surface area contributed by atoms with Gasteiger partial charge in [-0.1, -0.05) is 12.8 Å². The van der Waals surface area contributed by atoms with Crippen molar-refractivity contribution >= 4 is 17.3 Å². The average Bonchev–Trinajstić information content (AvgIpc) is 2.78. The number of anilines is 2. The maximum atomic E-state index is 10.8. The van der Waals surface area contributed by atoms with Crippen LogP contribution in [0.3, 0.4) is 0 Å². The SMILES string of the molecule is Nc1ncnc(NCC2CCCC2)c1[N+](=O)[O-]. The van der Waals surface area contributed by atoms with E-state index in [2.05, 4.69) is 15.3 Å². The van der Waals surface area contributed by atoms with Gasteiger partial charge in [-0.15, -0.1) is 0 Å². The van der Waals surface area contributed by atoms with Crippen molar-refractivity contribution in [3.8, 4) is 0 Å². The molecular formula is C10H15N5O2. The number of nitrogens with zero attached hydrogens (tertiary/aromatic N) is 3. The van der Waals surface area contributed by atoms with Gasteiger partial charge in [-0.25, -0.2) is 9.97 Å². The third-order valence-electron chi connectivity index (χ3n) is 3.07. The fourth-order valence-corrected chi connectivity index (χ4v) is 2.16. The molecule has 0 amide bonds. The molecule has 1 aromatic heterocycles. The standard InChI is InChI=1S/C10H15N5O2/c11-9-8(15(16)17)10(14-6-13-9)12-5-7-3-1-2-4-7/h6-7H,1-5H2,(H3,11,12,13,14). The number of nitrogens with two attached hydrogens (primary N) is 1. The third kappa shape index (κ3) is 2.61. The van der Waals surface area contributed by atoms with Gasteiger partial charge in [-0.05, 0) is 18.8 Å². The van der Waals surface area contributed by atoms with Gasteiger partial charge in [0.15, 0.2) is 0 Å². The van der Waals surface area contributed by atoms with E-state index in [9.17, 15) is 10.1 Å². The smallest absolute Gasteiger partial charge is 0.352 e. The minimum atomic E-state index is -0.549. The summed E-state index contributed by atoms with van der Waals surface area (Å²) in [4.78, 5) is 17.8. The van der Waals surface area contributed by atoms with E-state index in [4.69, 9.17) is 5.73 Å². The first-order chi connectivity index (χ1) is 8.18. The summed E-state index contributed by atoms with van der Waals surface area (Å²) in [6.07, 6.45) is 6.04. The molecule has 1 aromatic rings. The van der Waals surface area contributed by atoms with Crippen LogP contribution < -0.4 is 11.1 Å². The monoisotopic (exact) mass is 237 g/mol. The highest BCUT2D eigenvalue weighted by atomic mass is 16.6. The van der Waals surface area contributed by atoms with Gasteiger partial charge < -0.3 is 11.1 Å². The van der Waals surface area contributed by atoms with Gasteiger partial charge in [0.2, 0.25) is 11.6 Å². The molecule has 92 valence electrons. The summed E-state index contributed by atoms with van der Waals surface area (Å²) >= 11 is 0. The maximum absolute atomic E-state index is 10.8. The van der Waals surface area contributed by atoms with E-state index in [0.717, 1.165) is 0 Å². The zero-order valence-electron chi connectivity index (χ0n) is 9.43. The summed E-state index contributed by atoms with van der Waals surface area (Å²) in [6.45, 7) is 0.706. The Kier molecular flexibility index (Phi) is 3.36. The highest BCUT2D eigenvalue weighted by Gasteiger charge is 2.22. The molecule has 2 rings (SSSR count). The van der Waals surface area contributed by atoms with Crippen LogP contribution in [0.1, 0.15) is 25.7 Å². The van der Waals surface area contributed by atoms with E-state index in [1.807, 2.05) is 0 Å². The van der Waals surface area contributed by atoms with E-state index in [1.54, 1.807) is 0 Å². The second-order valence-corrected chi connectivity index (χ2v) is 4.24. The topological polar surface area (TPSA) is 107 Å². The predicted molar refractivity (Wildman–Crippen MR) is 63.5 cm³/mol. The van der Waals surface area contributed by atoms with Crippen molar-refractivity contribution in [1.29, 1.82) is 0 Å². The van der Waals surface area contributed by atoms with Crippen LogP contribution in [0.4, 0.5) is 17.3 Å². The number of nitro groups is 1. The van der Waals surface area contributed by atoms with E-state index in [1.165, 1.54) is 32.0 Å². The van der Waals surface area contributed by atoms with Crippen molar-refractivity contribution in [2.24, 2.45) is 5.92 Å². The van der Waals surface area contributed by atoms with Crippen LogP contribution in [0.2, 0.25) is 0 Å². The molecule has 1 heterocycles. The van der Waals surface area contributed by atoms with Crippen LogP contribution in [0.15, 0.2) is 6.33 Å². The molecule has 0 atom stereocenters. The number of nitrogen functional groups attached to an aromatic ring is 1. The summed E-state index contributed by atoms with van der Waals surface area (Å²) in [5.74, 6) is 0.694. The van der Waals surface area contributed by atoms with Crippen LogP contribution >= 0.6 is 0 Å². The fraction of sp³-hybridized carbons (Fsp3) is 0.600. The molecule has 1 fully saturated rings. The molecule has 1 aliphatic carbocycles. The molecule has 3 N–H and O–H groups in total. The number of nitrogens with one attached hydrogen (secondary N) is 1. The molecule has 0 unspecified atom stereocenters. The molecule has 0 bridgehead atoms. The quantitative estimate of drug-likeness (QED) is 0.608. The van der Waals surface area contributed by atoms with Crippen LogP contribution in [-0.4, -0.2) is 21.4 Å². The van der Waals surface area contributed by atoms with Gasteiger partial charge in [0, 0.05) is 6.54 Å². The molecular weight excluding hydrogens is 222 g/mol. The van der Waals surface area contributed by atoms with Crippen molar-refractivity contribution in [3.05, 3.63) is 16.4 Å². The van der Waals surface area contributed by atoms with Crippen LogP contribution in [0.5, 0.6) is 0 Å². The highest BCUT2D eigenvalue weighted by Crippen LogP contribution is 2.29. The maximum Gasteiger partial charge on any atom is 0.352 e. The number of aromatic nitrogens is 2. The molecule has 1 aliphatic rings. The zero-order chi connectivity index (χ0) is 12.3. The first-order valence-electron chi connectivity index (χ1n) is 5.67. The van der Waals surface area contributed by atoms with E-state index in [0.29, 0.717) is 12.5 Å². The van der Waals surface area contributed by atoms with Crippen LogP contribution in [-0.2, 0) is 0 Å². The summed E-state index contributed by atoms with van der Waals surface area (Å²) in [5.41, 5.74) is 5.24. The average molecular weight is 237 g/mol. The van der Waals surface area contributed by atoms with Crippen molar-refractivity contribution in [1.82, 2.24) is 9.97 Å². The second-order valence-electron chi connectivity index (χ2n) is 4.24. The fourth-order valence-electron chi connectivity index (χ4n) is 2.16. The van der Waals surface area contributed by atoms with Crippen LogP contribution in [0.25, 0.3) is 0 Å². The molecule has 7 nitrogen and oxygen atoms in total. The lowest BCUT2D eigenvalue weighted by Crippen LogP contribution is -2.14. The largest absolute Gasteiger partial charge is 0.378 e. The normalized spacial score (nSPS) is 16.0. The summed E-state index contributed by atoms with van der Waals surface area (Å²) in [5, 5.41) is 13.8. The molecule has 0 spiro atoms. The van der Waals surface area contributed by atoms with Crippen molar-refractivity contribution < 1.29 is 4.92 Å². The first kappa shape index (κ1) is 11.6. The van der Waals surface area contributed by atoms with E-state index >= 15 is 0 Å². The molecule has 1 saturated carbocycles. The Labute approximate surface area is 98.6 Å². The summed E-state index contributed by atoms with van der Waals surface area (Å²) in [7, 11) is 0. The summed E-state index contributed by atoms with van der Waals surface area (Å²) in [6, 6.07) is 0. The number of rotatable bonds is 4. The zero-order valence-corrected chi connectivity index (χ0v) is 9.43. The Morgan fingerprint density at radius 2 is 2.18 bits per heavy atom. The van der Waals surface area contributed by atoms with E-state index < -0.39 is 4.92 Å². The number of hydrogen-bond acceptors (Lipinski definition) is 6. The molecule has 0 radical (unpaired) electrons. The van der Waals surface area contributed by atoms with Crippen molar-refractivity contribution in [2.75, 3.05) is 17.6 Å². The lowest BCUT2D eigenvalue weighted by Gasteiger charge is -2.11. The Hall–Kier alpha value is -1.92. The second kappa shape index (κ2) is 4.94. The number of hydrogen-bond donors (Lipinski definition) is 2. The molecule has 17 heavy (non-hydrogen) atoms. The minimum Gasteiger partial charge on any atom is -0.378 e. The van der Waals surface area contributed by atoms with Gasteiger partial charge in [0.25, 0.3) is 0 Å². The van der Waals surface area contributed by atoms with Gasteiger partial charge in [-0.2, -0.15) is 0 Å². The third-order valence-corrected chi connectivity index (χ3v) is 3.07. The Morgan fingerprint density at radius 1 is 1.47 bits per heavy atom. The van der Waals surface area contributed by atoms with Crippen LogP contribution in [0, 0.1) is 16.0 Å².